The summed E-state index contributed by atoms with van der Waals surface area (Å²) in [5.74, 6) is 0.895. The molecule has 10 heteroatoms. The Kier molecular flexibility index (Phi) is 11.0. The molecule has 0 saturated carbocycles. The highest BCUT2D eigenvalue weighted by molar-refractivity contribution is 7.92. The molecule has 4 aromatic carbocycles. The second-order valence-corrected chi connectivity index (χ2v) is 11.8. The zero-order chi connectivity index (χ0) is 31.5. The summed E-state index contributed by atoms with van der Waals surface area (Å²) in [5.41, 5.74) is 1.01. The van der Waals surface area contributed by atoms with E-state index in [2.05, 4.69) is 5.32 Å². The molecular weight excluding hydrogens is 578 g/mol. The fraction of sp³-hybridized carbons (Fsp3) is 0.235. The van der Waals surface area contributed by atoms with E-state index in [9.17, 15) is 18.0 Å². The van der Waals surface area contributed by atoms with Gasteiger partial charge in [0.05, 0.1) is 17.7 Å². The van der Waals surface area contributed by atoms with Crippen molar-refractivity contribution in [3.8, 4) is 17.2 Å². The first kappa shape index (κ1) is 32.1. The molecule has 0 bridgehead atoms. The van der Waals surface area contributed by atoms with Gasteiger partial charge in [-0.2, -0.15) is 0 Å². The standard InChI is InChI=1S/C34H37N3O6S/c1-4-32(34(39)35-5-2)36(24-26-13-12-16-30(23-26)42-3)33(38)25-37(44(40,41)31-17-10-7-11-18-31)27-19-21-29(22-20-27)43-28-14-8-6-9-15-28/h6-23,32H,4-5,24-25H2,1-3H3,(H,35,39)/t32-/m0/s1. The Balaban J connectivity index is 1.71. The molecule has 0 aromatic heterocycles. The summed E-state index contributed by atoms with van der Waals surface area (Å²) in [6, 6.07) is 30.0. The minimum atomic E-state index is -4.18. The average molecular weight is 616 g/mol. The van der Waals surface area contributed by atoms with Crippen LogP contribution in [-0.2, 0) is 26.2 Å². The highest BCUT2D eigenvalue weighted by Crippen LogP contribution is 2.29. The number of para-hydroxylation sites is 1. The van der Waals surface area contributed by atoms with Gasteiger partial charge < -0.3 is 19.7 Å². The fourth-order valence-corrected chi connectivity index (χ4v) is 6.17. The van der Waals surface area contributed by atoms with Crippen LogP contribution in [0.4, 0.5) is 5.69 Å². The predicted octanol–water partition coefficient (Wildman–Crippen LogP) is 5.63. The molecule has 0 aliphatic rings. The van der Waals surface area contributed by atoms with Crippen molar-refractivity contribution in [2.45, 2.75) is 37.8 Å². The van der Waals surface area contributed by atoms with Crippen LogP contribution in [0.3, 0.4) is 0 Å². The maximum Gasteiger partial charge on any atom is 0.264 e. The third-order valence-corrected chi connectivity index (χ3v) is 8.73. The lowest BCUT2D eigenvalue weighted by atomic mass is 10.1. The summed E-state index contributed by atoms with van der Waals surface area (Å²) in [7, 11) is -2.63. The zero-order valence-corrected chi connectivity index (χ0v) is 25.9. The fourth-order valence-electron chi connectivity index (χ4n) is 4.73. The third kappa shape index (κ3) is 7.96. The molecule has 0 aliphatic carbocycles. The number of sulfonamides is 1. The van der Waals surface area contributed by atoms with Crippen LogP contribution in [0.25, 0.3) is 0 Å². The summed E-state index contributed by atoms with van der Waals surface area (Å²) in [6.07, 6.45) is 0.332. The molecule has 4 rings (SSSR count). The van der Waals surface area contributed by atoms with Crippen molar-refractivity contribution in [2.24, 2.45) is 0 Å². The van der Waals surface area contributed by atoms with E-state index in [1.165, 1.54) is 17.0 Å². The number of amides is 2. The minimum Gasteiger partial charge on any atom is -0.497 e. The van der Waals surface area contributed by atoms with Gasteiger partial charge in [-0.3, -0.25) is 13.9 Å². The minimum absolute atomic E-state index is 0.0347. The monoisotopic (exact) mass is 615 g/mol. The van der Waals surface area contributed by atoms with E-state index in [1.807, 2.05) is 43.3 Å². The van der Waals surface area contributed by atoms with Gasteiger partial charge in [0.15, 0.2) is 0 Å². The van der Waals surface area contributed by atoms with E-state index in [0.29, 0.717) is 30.2 Å². The summed E-state index contributed by atoms with van der Waals surface area (Å²) in [4.78, 5) is 28.8. The van der Waals surface area contributed by atoms with Crippen LogP contribution < -0.4 is 19.1 Å². The molecule has 9 nitrogen and oxygen atoms in total. The normalized spacial score (nSPS) is 11.7. The molecule has 1 N–H and O–H groups in total. The number of likely N-dealkylation sites (N-methyl/N-ethyl adjacent to an activating group) is 1. The summed E-state index contributed by atoms with van der Waals surface area (Å²) < 4.78 is 40.3. The number of carbonyl (C=O) groups is 2. The molecule has 0 aliphatic heterocycles. The van der Waals surface area contributed by atoms with Gasteiger partial charge in [0, 0.05) is 13.1 Å². The number of anilines is 1. The van der Waals surface area contributed by atoms with E-state index in [4.69, 9.17) is 9.47 Å². The number of benzene rings is 4. The van der Waals surface area contributed by atoms with Crippen molar-refractivity contribution >= 4 is 27.5 Å². The second-order valence-electron chi connectivity index (χ2n) is 9.93. The average Bonchev–Trinajstić information content (AvgIpc) is 3.05. The van der Waals surface area contributed by atoms with Crippen molar-refractivity contribution in [1.82, 2.24) is 10.2 Å². The highest BCUT2D eigenvalue weighted by Gasteiger charge is 2.33. The van der Waals surface area contributed by atoms with Crippen molar-refractivity contribution in [2.75, 3.05) is 24.5 Å². The molecular formula is C34H37N3O6S. The van der Waals surface area contributed by atoms with Gasteiger partial charge in [-0.05, 0) is 79.6 Å². The van der Waals surface area contributed by atoms with E-state index >= 15 is 0 Å². The highest BCUT2D eigenvalue weighted by atomic mass is 32.2. The summed E-state index contributed by atoms with van der Waals surface area (Å²) in [5, 5.41) is 2.80. The molecule has 44 heavy (non-hydrogen) atoms. The molecule has 0 unspecified atom stereocenters. The van der Waals surface area contributed by atoms with Gasteiger partial charge in [0.1, 0.15) is 29.8 Å². The van der Waals surface area contributed by atoms with Crippen LogP contribution >= 0.6 is 0 Å². The SMILES string of the molecule is CCNC(=O)[C@H](CC)N(Cc1cccc(OC)c1)C(=O)CN(c1ccc(Oc2ccccc2)cc1)S(=O)(=O)c1ccccc1. The van der Waals surface area contributed by atoms with E-state index in [-0.39, 0.29) is 23.0 Å². The third-order valence-electron chi connectivity index (χ3n) is 6.94. The lowest BCUT2D eigenvalue weighted by Gasteiger charge is -2.33. The number of hydrogen-bond acceptors (Lipinski definition) is 6. The molecule has 0 spiro atoms. The lowest BCUT2D eigenvalue weighted by molar-refractivity contribution is -0.140. The van der Waals surface area contributed by atoms with Gasteiger partial charge in [0.2, 0.25) is 11.8 Å². The maximum absolute atomic E-state index is 14.2. The molecule has 0 radical (unpaired) electrons. The summed E-state index contributed by atoms with van der Waals surface area (Å²) >= 11 is 0. The van der Waals surface area contributed by atoms with Gasteiger partial charge in [-0.25, -0.2) is 8.42 Å². The Morgan fingerprint density at radius 1 is 0.795 bits per heavy atom. The van der Waals surface area contributed by atoms with Crippen molar-refractivity contribution in [3.63, 3.8) is 0 Å². The van der Waals surface area contributed by atoms with Gasteiger partial charge >= 0.3 is 0 Å². The van der Waals surface area contributed by atoms with Crippen LogP contribution in [0.15, 0.2) is 114 Å². The number of ether oxygens (including phenoxy) is 2. The van der Waals surface area contributed by atoms with Crippen molar-refractivity contribution < 1.29 is 27.5 Å². The number of rotatable bonds is 14. The Labute approximate surface area is 259 Å². The molecule has 0 fully saturated rings. The number of methoxy groups -OCH3 is 1. The number of nitrogens with one attached hydrogen (secondary N) is 1. The molecule has 2 amide bonds. The Bertz CT molecular complexity index is 1630. The van der Waals surface area contributed by atoms with Gasteiger partial charge in [0.25, 0.3) is 10.0 Å². The quantitative estimate of drug-likeness (QED) is 0.197. The van der Waals surface area contributed by atoms with Crippen molar-refractivity contribution in [1.29, 1.82) is 0 Å². The largest absolute Gasteiger partial charge is 0.497 e. The topological polar surface area (TPSA) is 105 Å². The van der Waals surface area contributed by atoms with Crippen LogP contribution in [0.2, 0.25) is 0 Å². The Hall–Kier alpha value is -4.83. The molecule has 1 atom stereocenters. The Morgan fingerprint density at radius 3 is 2.02 bits per heavy atom. The van der Waals surface area contributed by atoms with Crippen LogP contribution in [0.1, 0.15) is 25.8 Å². The van der Waals surface area contributed by atoms with Gasteiger partial charge in [-0.1, -0.05) is 55.5 Å². The van der Waals surface area contributed by atoms with Crippen molar-refractivity contribution in [3.05, 3.63) is 115 Å². The first-order valence-corrected chi connectivity index (χ1v) is 15.8. The van der Waals surface area contributed by atoms with Crippen LogP contribution in [0.5, 0.6) is 17.2 Å². The van der Waals surface area contributed by atoms with Crippen LogP contribution in [-0.4, -0.2) is 51.4 Å². The van der Waals surface area contributed by atoms with E-state index in [0.717, 1.165) is 9.87 Å². The van der Waals surface area contributed by atoms with Crippen LogP contribution in [0, 0.1) is 0 Å². The smallest absolute Gasteiger partial charge is 0.264 e. The first-order valence-electron chi connectivity index (χ1n) is 14.4. The predicted molar refractivity (Wildman–Crippen MR) is 170 cm³/mol. The summed E-state index contributed by atoms with van der Waals surface area (Å²) in [6.45, 7) is 3.56. The Morgan fingerprint density at radius 2 is 1.41 bits per heavy atom. The molecule has 0 saturated heterocycles. The molecule has 230 valence electrons. The zero-order valence-electron chi connectivity index (χ0n) is 25.1. The van der Waals surface area contributed by atoms with E-state index < -0.39 is 28.5 Å². The number of hydrogen-bond donors (Lipinski definition) is 1. The molecule has 4 aromatic rings. The van der Waals surface area contributed by atoms with Gasteiger partial charge in [-0.15, -0.1) is 0 Å². The molecule has 0 heterocycles. The second kappa shape index (κ2) is 15.1. The first-order chi connectivity index (χ1) is 21.3. The van der Waals surface area contributed by atoms with E-state index in [1.54, 1.807) is 74.7 Å². The number of nitrogens with zero attached hydrogens (tertiary/aromatic N) is 2. The lowest BCUT2D eigenvalue weighted by Crippen LogP contribution is -2.52. The number of carbonyl (C=O) groups excluding carboxylic acids is 2. The maximum atomic E-state index is 14.2.